The van der Waals surface area contributed by atoms with E-state index in [1.807, 2.05) is 24.3 Å². The van der Waals surface area contributed by atoms with Crippen LogP contribution in [0.3, 0.4) is 0 Å². The molecule has 0 amide bonds. The van der Waals surface area contributed by atoms with Gasteiger partial charge in [-0.2, -0.15) is 0 Å². The molecule has 0 radical (unpaired) electrons. The van der Waals surface area contributed by atoms with Crippen molar-refractivity contribution in [3.05, 3.63) is 52.9 Å². The lowest BCUT2D eigenvalue weighted by atomic mass is 9.97. The lowest BCUT2D eigenvalue weighted by molar-refractivity contribution is 0.0521. The largest absolute Gasteiger partial charge is 0.467 e. The first kappa shape index (κ1) is 17.2. The molecule has 136 valence electrons. The first-order valence-corrected chi connectivity index (χ1v) is 9.87. The van der Waals surface area contributed by atoms with Crippen molar-refractivity contribution in [1.29, 1.82) is 0 Å². The molecule has 1 aliphatic heterocycles. The summed E-state index contributed by atoms with van der Waals surface area (Å²) in [4.78, 5) is 19.1. The Morgan fingerprint density at radius 3 is 2.88 bits per heavy atom. The Balaban J connectivity index is 1.38. The van der Waals surface area contributed by atoms with Crippen molar-refractivity contribution in [1.82, 2.24) is 9.88 Å². The van der Waals surface area contributed by atoms with Crippen molar-refractivity contribution >= 4 is 27.5 Å². The summed E-state index contributed by atoms with van der Waals surface area (Å²) in [6.07, 6.45) is 3.72. The molecular weight excluding hydrogens is 348 g/mol. The lowest BCUT2D eigenvalue weighted by Gasteiger charge is -2.30. The topological polar surface area (TPSA) is 55.6 Å². The van der Waals surface area contributed by atoms with E-state index < -0.39 is 0 Å². The van der Waals surface area contributed by atoms with Gasteiger partial charge in [-0.25, -0.2) is 9.78 Å². The number of rotatable bonds is 5. The molecular formula is C20H22N2O3S. The number of para-hydroxylation sites is 1. The van der Waals surface area contributed by atoms with Crippen LogP contribution in [0.5, 0.6) is 0 Å². The average molecular weight is 370 g/mol. The fourth-order valence-corrected chi connectivity index (χ4v) is 4.60. The monoisotopic (exact) mass is 370 g/mol. The second-order valence-corrected chi connectivity index (χ2v) is 7.61. The van der Waals surface area contributed by atoms with Crippen molar-refractivity contribution in [3.63, 3.8) is 0 Å². The van der Waals surface area contributed by atoms with E-state index in [0.717, 1.165) is 31.4 Å². The number of likely N-dealkylation sites (tertiary alicyclic amines) is 1. The van der Waals surface area contributed by atoms with Crippen LogP contribution in [0, 0.1) is 0 Å². The molecule has 0 unspecified atom stereocenters. The maximum Gasteiger partial charge on any atom is 0.341 e. The molecule has 1 saturated heterocycles. The Hall–Kier alpha value is -2.18. The minimum absolute atomic E-state index is 0.305. The standard InChI is InChI=1S/C20H22N2O3S/c1-2-24-20(23)15-9-12-25-17(15)13-22-10-7-14(8-11-22)19-21-16-5-3-4-6-18(16)26-19/h3-6,9,12,14H,2,7-8,10-11,13H2,1H3. The minimum atomic E-state index is -0.305. The number of ether oxygens (including phenoxy) is 1. The van der Waals surface area contributed by atoms with Crippen LogP contribution in [-0.2, 0) is 11.3 Å². The van der Waals surface area contributed by atoms with Crippen molar-refractivity contribution in [2.24, 2.45) is 0 Å². The molecule has 1 aliphatic rings. The summed E-state index contributed by atoms with van der Waals surface area (Å²) in [6.45, 7) is 4.78. The summed E-state index contributed by atoms with van der Waals surface area (Å²) < 4.78 is 11.9. The lowest BCUT2D eigenvalue weighted by Crippen LogP contribution is -2.32. The highest BCUT2D eigenvalue weighted by Crippen LogP contribution is 2.34. The number of benzene rings is 1. The summed E-state index contributed by atoms with van der Waals surface area (Å²) in [7, 11) is 0. The maximum absolute atomic E-state index is 12.0. The van der Waals surface area contributed by atoms with Crippen molar-refractivity contribution in [2.75, 3.05) is 19.7 Å². The molecule has 1 fully saturated rings. The Morgan fingerprint density at radius 1 is 1.31 bits per heavy atom. The maximum atomic E-state index is 12.0. The normalized spacial score (nSPS) is 16.2. The number of carbonyl (C=O) groups is 1. The van der Waals surface area contributed by atoms with Gasteiger partial charge in [0.1, 0.15) is 11.3 Å². The van der Waals surface area contributed by atoms with Gasteiger partial charge in [0.2, 0.25) is 0 Å². The van der Waals surface area contributed by atoms with Gasteiger partial charge in [-0.3, -0.25) is 4.90 Å². The second-order valence-electron chi connectivity index (χ2n) is 6.55. The third-order valence-corrected chi connectivity index (χ3v) is 6.05. The zero-order valence-corrected chi connectivity index (χ0v) is 15.6. The number of hydrogen-bond acceptors (Lipinski definition) is 6. The number of piperidine rings is 1. The van der Waals surface area contributed by atoms with Gasteiger partial charge >= 0.3 is 5.97 Å². The van der Waals surface area contributed by atoms with Crippen LogP contribution in [0.25, 0.3) is 10.2 Å². The number of esters is 1. The van der Waals surface area contributed by atoms with Crippen molar-refractivity contribution in [2.45, 2.75) is 32.2 Å². The van der Waals surface area contributed by atoms with E-state index in [4.69, 9.17) is 14.1 Å². The molecule has 0 aliphatic carbocycles. The Labute approximate surface area is 156 Å². The van der Waals surface area contributed by atoms with Crippen molar-refractivity contribution in [3.8, 4) is 0 Å². The van der Waals surface area contributed by atoms with Gasteiger partial charge in [0.15, 0.2) is 0 Å². The van der Waals surface area contributed by atoms with Gasteiger partial charge in [0.05, 0.1) is 34.6 Å². The molecule has 0 bridgehead atoms. The van der Waals surface area contributed by atoms with Gasteiger partial charge in [-0.05, 0) is 51.1 Å². The van der Waals surface area contributed by atoms with Crippen LogP contribution < -0.4 is 0 Å². The van der Waals surface area contributed by atoms with Crippen LogP contribution in [0.2, 0.25) is 0 Å². The molecule has 0 atom stereocenters. The molecule has 3 aromatic rings. The smallest absolute Gasteiger partial charge is 0.341 e. The number of furan rings is 1. The van der Waals surface area contributed by atoms with Gasteiger partial charge < -0.3 is 9.15 Å². The Morgan fingerprint density at radius 2 is 2.12 bits per heavy atom. The highest BCUT2D eigenvalue weighted by Gasteiger charge is 2.25. The first-order chi connectivity index (χ1) is 12.7. The zero-order chi connectivity index (χ0) is 17.9. The van der Waals surface area contributed by atoms with Crippen LogP contribution in [0.4, 0.5) is 0 Å². The molecule has 0 saturated carbocycles. The summed E-state index contributed by atoms with van der Waals surface area (Å²) in [5.74, 6) is 0.910. The van der Waals surface area contributed by atoms with Gasteiger partial charge in [-0.15, -0.1) is 11.3 Å². The summed E-state index contributed by atoms with van der Waals surface area (Å²) in [6, 6.07) is 10.0. The molecule has 6 heteroatoms. The van der Waals surface area contributed by atoms with Gasteiger partial charge in [0, 0.05) is 5.92 Å². The molecule has 0 N–H and O–H groups in total. The molecule has 4 rings (SSSR count). The minimum Gasteiger partial charge on any atom is -0.467 e. The number of nitrogens with zero attached hydrogens (tertiary/aromatic N) is 2. The highest BCUT2D eigenvalue weighted by molar-refractivity contribution is 7.18. The predicted molar refractivity (Wildman–Crippen MR) is 102 cm³/mol. The number of carbonyl (C=O) groups excluding carboxylic acids is 1. The SMILES string of the molecule is CCOC(=O)c1ccoc1CN1CCC(c2nc3ccccc3s2)CC1. The summed E-state index contributed by atoms with van der Waals surface area (Å²) in [5.41, 5.74) is 1.64. The third-order valence-electron chi connectivity index (χ3n) is 4.86. The van der Waals surface area contributed by atoms with E-state index >= 15 is 0 Å². The summed E-state index contributed by atoms with van der Waals surface area (Å²) >= 11 is 1.81. The molecule has 0 spiro atoms. The van der Waals surface area contributed by atoms with Crippen LogP contribution in [-0.4, -0.2) is 35.5 Å². The number of fused-ring (bicyclic) bond motifs is 1. The molecule has 1 aromatic carbocycles. The van der Waals surface area contributed by atoms with Gasteiger partial charge in [-0.1, -0.05) is 12.1 Å². The predicted octanol–water partition coefficient (Wildman–Crippen LogP) is 4.45. The fourth-order valence-electron chi connectivity index (χ4n) is 3.46. The van der Waals surface area contributed by atoms with E-state index in [-0.39, 0.29) is 5.97 Å². The zero-order valence-electron chi connectivity index (χ0n) is 14.8. The van der Waals surface area contributed by atoms with Crippen LogP contribution in [0.1, 0.15) is 46.8 Å². The first-order valence-electron chi connectivity index (χ1n) is 9.06. The highest BCUT2D eigenvalue weighted by atomic mass is 32.1. The molecule has 26 heavy (non-hydrogen) atoms. The average Bonchev–Trinajstić information content (AvgIpc) is 3.29. The van der Waals surface area contributed by atoms with E-state index in [1.54, 1.807) is 12.3 Å². The third kappa shape index (κ3) is 3.52. The molecule has 5 nitrogen and oxygen atoms in total. The molecule has 3 heterocycles. The van der Waals surface area contributed by atoms with E-state index in [1.165, 1.54) is 9.71 Å². The Bertz CT molecular complexity index is 860. The second kappa shape index (κ2) is 7.60. The van der Waals surface area contributed by atoms with E-state index in [9.17, 15) is 4.79 Å². The van der Waals surface area contributed by atoms with Crippen LogP contribution >= 0.6 is 11.3 Å². The van der Waals surface area contributed by atoms with Crippen molar-refractivity contribution < 1.29 is 13.9 Å². The number of hydrogen-bond donors (Lipinski definition) is 0. The summed E-state index contributed by atoms with van der Waals surface area (Å²) in [5, 5.41) is 1.25. The number of aromatic nitrogens is 1. The van der Waals surface area contributed by atoms with E-state index in [0.29, 0.717) is 30.4 Å². The van der Waals surface area contributed by atoms with E-state index in [2.05, 4.69) is 23.1 Å². The number of thiazole rings is 1. The van der Waals surface area contributed by atoms with Gasteiger partial charge in [0.25, 0.3) is 0 Å². The van der Waals surface area contributed by atoms with Crippen LogP contribution in [0.15, 0.2) is 41.0 Å². The fraction of sp³-hybridized carbons (Fsp3) is 0.400. The quantitative estimate of drug-likeness (QED) is 0.621. The Kier molecular flexibility index (Phi) is 5.04. The molecule has 2 aromatic heterocycles.